The van der Waals surface area contributed by atoms with Gasteiger partial charge in [0.1, 0.15) is 18.4 Å². The smallest absolute Gasteiger partial charge is 0.244 e. The van der Waals surface area contributed by atoms with Gasteiger partial charge in [-0.05, 0) is 49.2 Å². The van der Waals surface area contributed by atoms with Crippen LogP contribution in [0.4, 0.5) is 10.1 Å². The lowest BCUT2D eigenvalue weighted by Crippen LogP contribution is -2.54. The molecule has 10 heteroatoms. The Hall–Kier alpha value is -3.24. The monoisotopic (exact) mass is 603 g/mol. The van der Waals surface area contributed by atoms with Crippen LogP contribution < -0.4 is 9.62 Å². The van der Waals surface area contributed by atoms with E-state index < -0.39 is 34.3 Å². The second-order valence-corrected chi connectivity index (χ2v) is 12.1. The van der Waals surface area contributed by atoms with Crippen molar-refractivity contribution in [1.29, 1.82) is 0 Å². The van der Waals surface area contributed by atoms with Gasteiger partial charge in [0.05, 0.1) is 11.9 Å². The van der Waals surface area contributed by atoms with E-state index >= 15 is 0 Å². The first kappa shape index (κ1) is 29.3. The topological polar surface area (TPSA) is 86.8 Å². The van der Waals surface area contributed by atoms with E-state index in [1.165, 1.54) is 23.1 Å². The standard InChI is InChI=1S/C28H31BrFN3O4S/c1-20(2)31-28(35)26(17-21-10-5-4-6-11-21)32(18-22-12-9-13-23(29)16-22)27(34)19-33(38(3,36)37)25-15-8-7-14-24(25)30/h4-16,20,26H,17-19H2,1-3H3,(H,31,35). The Balaban J connectivity index is 2.07. The summed E-state index contributed by atoms with van der Waals surface area (Å²) >= 11 is 3.43. The van der Waals surface area contributed by atoms with E-state index in [0.29, 0.717) is 0 Å². The molecule has 0 heterocycles. The summed E-state index contributed by atoms with van der Waals surface area (Å²) in [5.41, 5.74) is 1.33. The van der Waals surface area contributed by atoms with Gasteiger partial charge >= 0.3 is 0 Å². The molecule has 0 aliphatic heterocycles. The summed E-state index contributed by atoms with van der Waals surface area (Å²) in [5.74, 6) is -1.79. The Morgan fingerprint density at radius 3 is 2.18 bits per heavy atom. The Bertz CT molecular complexity index is 1370. The van der Waals surface area contributed by atoms with Gasteiger partial charge in [0, 0.05) is 23.5 Å². The van der Waals surface area contributed by atoms with E-state index in [9.17, 15) is 22.4 Å². The summed E-state index contributed by atoms with van der Waals surface area (Å²) in [6, 6.07) is 20.8. The van der Waals surface area contributed by atoms with Gasteiger partial charge in [-0.25, -0.2) is 12.8 Å². The van der Waals surface area contributed by atoms with Crippen LogP contribution in [0.1, 0.15) is 25.0 Å². The van der Waals surface area contributed by atoms with Crippen molar-refractivity contribution in [2.75, 3.05) is 17.1 Å². The van der Waals surface area contributed by atoms with Gasteiger partial charge in [-0.15, -0.1) is 0 Å². The average molecular weight is 605 g/mol. The number of benzene rings is 3. The molecule has 3 aromatic carbocycles. The lowest BCUT2D eigenvalue weighted by molar-refractivity contribution is -0.140. The number of amides is 2. The fourth-order valence-corrected chi connectivity index (χ4v) is 5.31. The molecule has 0 bridgehead atoms. The molecular weight excluding hydrogens is 573 g/mol. The molecule has 0 saturated carbocycles. The van der Waals surface area contributed by atoms with Crippen LogP contribution in [0.5, 0.6) is 0 Å². The zero-order chi connectivity index (χ0) is 27.9. The van der Waals surface area contributed by atoms with Crippen LogP contribution in [-0.4, -0.2) is 50.0 Å². The molecule has 1 atom stereocenters. The van der Waals surface area contributed by atoms with Gasteiger partial charge in [0.25, 0.3) is 0 Å². The highest BCUT2D eigenvalue weighted by atomic mass is 79.9. The number of rotatable bonds is 11. The molecule has 0 spiro atoms. The molecule has 0 aliphatic carbocycles. The van der Waals surface area contributed by atoms with Crippen LogP contribution in [0.3, 0.4) is 0 Å². The first-order valence-corrected chi connectivity index (χ1v) is 14.7. The lowest BCUT2D eigenvalue weighted by Gasteiger charge is -2.34. The molecule has 1 N–H and O–H groups in total. The largest absolute Gasteiger partial charge is 0.352 e. The minimum atomic E-state index is -4.03. The SMILES string of the molecule is CC(C)NC(=O)C(Cc1ccccc1)N(Cc1cccc(Br)c1)C(=O)CN(c1ccccc1F)S(C)(=O)=O. The zero-order valence-corrected chi connectivity index (χ0v) is 23.9. The zero-order valence-electron chi connectivity index (χ0n) is 21.5. The maximum atomic E-state index is 14.6. The highest BCUT2D eigenvalue weighted by Crippen LogP contribution is 2.23. The number of hydrogen-bond donors (Lipinski definition) is 1. The minimum absolute atomic E-state index is 0.0379. The van der Waals surface area contributed by atoms with E-state index in [1.807, 2.05) is 68.4 Å². The summed E-state index contributed by atoms with van der Waals surface area (Å²) in [5, 5.41) is 2.89. The molecule has 0 aromatic heterocycles. The Morgan fingerprint density at radius 2 is 1.58 bits per heavy atom. The van der Waals surface area contributed by atoms with Crippen molar-refractivity contribution >= 4 is 43.5 Å². The first-order valence-electron chi connectivity index (χ1n) is 12.1. The second-order valence-electron chi connectivity index (χ2n) is 9.24. The highest BCUT2D eigenvalue weighted by Gasteiger charge is 2.33. The number of carbonyl (C=O) groups is 2. The van der Waals surface area contributed by atoms with E-state index in [-0.39, 0.29) is 30.6 Å². The maximum Gasteiger partial charge on any atom is 0.244 e. The van der Waals surface area contributed by atoms with Crippen LogP contribution in [-0.2, 0) is 32.6 Å². The summed E-state index contributed by atoms with van der Waals surface area (Å²) in [7, 11) is -4.03. The number of para-hydroxylation sites is 1. The summed E-state index contributed by atoms with van der Waals surface area (Å²) in [4.78, 5) is 28.7. The van der Waals surface area contributed by atoms with Crippen molar-refractivity contribution in [3.05, 3.63) is 100 Å². The van der Waals surface area contributed by atoms with Gasteiger partial charge in [-0.2, -0.15) is 0 Å². The molecule has 3 rings (SSSR count). The molecule has 1 unspecified atom stereocenters. The van der Waals surface area contributed by atoms with Gasteiger partial charge in [-0.1, -0.05) is 70.5 Å². The lowest BCUT2D eigenvalue weighted by atomic mass is 10.0. The molecule has 38 heavy (non-hydrogen) atoms. The van der Waals surface area contributed by atoms with Crippen LogP contribution in [0.25, 0.3) is 0 Å². The summed E-state index contributed by atoms with van der Waals surface area (Å²) < 4.78 is 41.5. The third-order valence-electron chi connectivity index (χ3n) is 5.74. The van der Waals surface area contributed by atoms with Gasteiger partial charge < -0.3 is 10.2 Å². The van der Waals surface area contributed by atoms with E-state index in [2.05, 4.69) is 21.2 Å². The molecule has 202 valence electrons. The van der Waals surface area contributed by atoms with Crippen LogP contribution >= 0.6 is 15.9 Å². The Morgan fingerprint density at radius 1 is 0.947 bits per heavy atom. The first-order chi connectivity index (χ1) is 18.0. The minimum Gasteiger partial charge on any atom is -0.352 e. The van der Waals surface area contributed by atoms with E-state index in [0.717, 1.165) is 32.2 Å². The third kappa shape index (κ3) is 8.13. The molecule has 2 amide bonds. The third-order valence-corrected chi connectivity index (χ3v) is 7.36. The van der Waals surface area contributed by atoms with Crippen molar-refractivity contribution in [3.63, 3.8) is 0 Å². The normalized spacial score (nSPS) is 12.2. The quantitative estimate of drug-likeness (QED) is 0.349. The summed E-state index contributed by atoms with van der Waals surface area (Å²) in [6.07, 6.45) is 1.12. The fraction of sp³-hybridized carbons (Fsp3) is 0.286. The number of hydrogen-bond acceptors (Lipinski definition) is 4. The number of anilines is 1. The number of halogens is 2. The predicted molar refractivity (Wildman–Crippen MR) is 150 cm³/mol. The molecular formula is C28H31BrFN3O4S. The van der Waals surface area contributed by atoms with Crippen molar-refractivity contribution in [1.82, 2.24) is 10.2 Å². The van der Waals surface area contributed by atoms with Crippen LogP contribution in [0, 0.1) is 5.82 Å². The van der Waals surface area contributed by atoms with Crippen molar-refractivity contribution in [3.8, 4) is 0 Å². The number of nitrogens with zero attached hydrogens (tertiary/aromatic N) is 2. The Labute approximate surface area is 231 Å². The molecule has 0 fully saturated rings. The van der Waals surface area contributed by atoms with Gasteiger partial charge in [0.2, 0.25) is 21.8 Å². The molecule has 0 aliphatic rings. The molecule has 0 radical (unpaired) electrons. The highest BCUT2D eigenvalue weighted by molar-refractivity contribution is 9.10. The van der Waals surface area contributed by atoms with E-state index in [4.69, 9.17) is 0 Å². The number of carbonyl (C=O) groups excluding carboxylic acids is 2. The Kier molecular flexibility index (Phi) is 10.0. The second kappa shape index (κ2) is 13.0. The maximum absolute atomic E-state index is 14.6. The molecule has 3 aromatic rings. The molecule has 0 saturated heterocycles. The van der Waals surface area contributed by atoms with Gasteiger partial charge in [0.15, 0.2) is 0 Å². The summed E-state index contributed by atoms with van der Waals surface area (Å²) in [6.45, 7) is 3.01. The predicted octanol–water partition coefficient (Wildman–Crippen LogP) is 4.52. The fourth-order valence-electron chi connectivity index (χ4n) is 4.02. The van der Waals surface area contributed by atoms with Crippen LogP contribution in [0.2, 0.25) is 0 Å². The number of sulfonamides is 1. The van der Waals surface area contributed by atoms with Crippen LogP contribution in [0.15, 0.2) is 83.3 Å². The average Bonchev–Trinajstić information content (AvgIpc) is 2.84. The van der Waals surface area contributed by atoms with E-state index in [1.54, 1.807) is 0 Å². The van der Waals surface area contributed by atoms with Gasteiger partial charge in [-0.3, -0.25) is 13.9 Å². The van der Waals surface area contributed by atoms with Crippen molar-refractivity contribution < 1.29 is 22.4 Å². The van der Waals surface area contributed by atoms with Crippen molar-refractivity contribution in [2.45, 2.75) is 38.9 Å². The van der Waals surface area contributed by atoms with Crippen molar-refractivity contribution in [2.24, 2.45) is 0 Å². The molecule has 7 nitrogen and oxygen atoms in total. The number of nitrogens with one attached hydrogen (secondary N) is 1.